The summed E-state index contributed by atoms with van der Waals surface area (Å²) < 4.78 is 9.35. The first-order valence-corrected chi connectivity index (χ1v) is 14.2. The molecule has 0 saturated carbocycles. The van der Waals surface area contributed by atoms with Crippen molar-refractivity contribution in [3.05, 3.63) is 139 Å². The number of fused-ring (bicyclic) bond motifs is 1. The van der Waals surface area contributed by atoms with Gasteiger partial charge in [0.2, 0.25) is 0 Å². The second-order valence-electron chi connectivity index (χ2n) is 9.79. The minimum absolute atomic E-state index is 0.222. The topological polar surface area (TPSA) is 78.5 Å². The Morgan fingerprint density at radius 1 is 0.976 bits per heavy atom. The molecule has 7 nitrogen and oxygen atoms in total. The number of nitrogens with zero attached hydrogens (tertiary/aromatic N) is 4. The highest BCUT2D eigenvalue weighted by Crippen LogP contribution is 2.31. The predicted octanol–water partition coefficient (Wildman–Crippen LogP) is 4.96. The Morgan fingerprint density at radius 3 is 2.34 bits per heavy atom. The van der Waals surface area contributed by atoms with Gasteiger partial charge in [-0.25, -0.2) is 14.5 Å². The molecule has 0 saturated heterocycles. The summed E-state index contributed by atoms with van der Waals surface area (Å²) in [5, 5.41) is 4.89. The molecule has 0 spiro atoms. The third-order valence-corrected chi connectivity index (χ3v) is 7.99. The molecule has 1 atom stereocenters. The van der Waals surface area contributed by atoms with Gasteiger partial charge in [0.1, 0.15) is 0 Å². The van der Waals surface area contributed by atoms with Crippen LogP contribution in [0.1, 0.15) is 36.6 Å². The number of aromatic nitrogens is 3. The fraction of sp³-hybridized carbons (Fsp3) is 0.152. The van der Waals surface area contributed by atoms with Crippen molar-refractivity contribution in [2.75, 3.05) is 6.61 Å². The summed E-state index contributed by atoms with van der Waals surface area (Å²) in [6.45, 7) is 5.79. The van der Waals surface area contributed by atoms with Crippen LogP contribution in [0.5, 0.6) is 0 Å². The van der Waals surface area contributed by atoms with Gasteiger partial charge in [-0.05, 0) is 44.5 Å². The molecule has 0 aliphatic carbocycles. The predicted molar refractivity (Wildman–Crippen MR) is 161 cm³/mol. The minimum atomic E-state index is -0.645. The van der Waals surface area contributed by atoms with E-state index in [0.717, 1.165) is 33.6 Å². The smallest absolute Gasteiger partial charge is 0.338 e. The molecule has 1 aliphatic heterocycles. The molecule has 0 amide bonds. The van der Waals surface area contributed by atoms with E-state index in [1.54, 1.807) is 18.4 Å². The van der Waals surface area contributed by atoms with Gasteiger partial charge in [0.15, 0.2) is 4.80 Å². The number of carbonyl (C=O) groups excluding carboxylic acids is 1. The molecule has 2 aromatic heterocycles. The summed E-state index contributed by atoms with van der Waals surface area (Å²) in [5.41, 5.74) is 6.03. The zero-order chi connectivity index (χ0) is 28.5. The molecule has 1 aliphatic rings. The standard InChI is InChI=1S/C33H28N4O3S/c1-4-40-32(39)28-22(3)34-33-37(30(28)24-17-15-21(2)16-18-24)31(38)27(41-33)19-25-20-36(26-13-9-6-10-14-26)35-29(25)23-11-7-5-8-12-23/h5-20,30H,4H2,1-3H3/b27-19-/t30-/m1/s1. The largest absolute Gasteiger partial charge is 0.463 e. The first-order chi connectivity index (χ1) is 19.9. The lowest BCUT2D eigenvalue weighted by Crippen LogP contribution is -2.39. The lowest BCUT2D eigenvalue weighted by Gasteiger charge is -2.24. The van der Waals surface area contributed by atoms with E-state index >= 15 is 0 Å². The number of benzene rings is 3. The van der Waals surface area contributed by atoms with E-state index in [9.17, 15) is 9.59 Å². The van der Waals surface area contributed by atoms with E-state index in [2.05, 4.69) is 0 Å². The molecule has 8 heteroatoms. The van der Waals surface area contributed by atoms with Gasteiger partial charge < -0.3 is 4.74 Å². The molecule has 0 bridgehead atoms. The van der Waals surface area contributed by atoms with Gasteiger partial charge in [0.05, 0.1) is 39.8 Å². The number of rotatable bonds is 6. The number of thiazole rings is 1. The average molecular weight is 561 g/mol. The Balaban J connectivity index is 1.56. The Kier molecular flexibility index (Phi) is 7.07. The van der Waals surface area contributed by atoms with Gasteiger partial charge in [-0.2, -0.15) is 5.10 Å². The second-order valence-corrected chi connectivity index (χ2v) is 10.8. The van der Waals surface area contributed by atoms with Gasteiger partial charge >= 0.3 is 5.97 Å². The SMILES string of the molecule is CCOC(=O)C1=C(C)N=c2s/c(=C\c3cn(-c4ccccc4)nc3-c3ccccc3)c(=O)n2[C@@H]1c1ccc(C)cc1. The van der Waals surface area contributed by atoms with Crippen LogP contribution in [0.4, 0.5) is 0 Å². The maximum absolute atomic E-state index is 14.1. The molecule has 0 N–H and O–H groups in total. The Bertz CT molecular complexity index is 1950. The molecule has 0 fully saturated rings. The number of hydrogen-bond donors (Lipinski definition) is 0. The fourth-order valence-corrected chi connectivity index (χ4v) is 6.06. The molecule has 204 valence electrons. The van der Waals surface area contributed by atoms with Crippen LogP contribution >= 0.6 is 11.3 Å². The molecule has 6 rings (SSSR count). The van der Waals surface area contributed by atoms with E-state index in [-0.39, 0.29) is 12.2 Å². The second kappa shape index (κ2) is 11.0. The van der Waals surface area contributed by atoms with Crippen LogP contribution < -0.4 is 14.9 Å². The van der Waals surface area contributed by atoms with Crippen molar-refractivity contribution in [3.63, 3.8) is 0 Å². The number of ether oxygens (including phenoxy) is 1. The molecule has 41 heavy (non-hydrogen) atoms. The first kappa shape index (κ1) is 26.4. The molecule has 3 aromatic carbocycles. The van der Waals surface area contributed by atoms with E-state index in [0.29, 0.717) is 20.6 Å². The average Bonchev–Trinajstić information content (AvgIpc) is 3.54. The van der Waals surface area contributed by atoms with Crippen molar-refractivity contribution in [2.45, 2.75) is 26.8 Å². The Hall–Kier alpha value is -4.82. The van der Waals surface area contributed by atoms with Crippen molar-refractivity contribution < 1.29 is 9.53 Å². The monoisotopic (exact) mass is 560 g/mol. The highest BCUT2D eigenvalue weighted by molar-refractivity contribution is 7.07. The summed E-state index contributed by atoms with van der Waals surface area (Å²) in [5.74, 6) is -0.468. The zero-order valence-corrected chi connectivity index (χ0v) is 23.8. The molecule has 5 aromatic rings. The van der Waals surface area contributed by atoms with Crippen molar-refractivity contribution in [3.8, 4) is 16.9 Å². The van der Waals surface area contributed by atoms with E-state index < -0.39 is 12.0 Å². The van der Waals surface area contributed by atoms with Gasteiger partial charge in [-0.3, -0.25) is 9.36 Å². The van der Waals surface area contributed by atoms with Gasteiger partial charge in [-0.15, -0.1) is 0 Å². The van der Waals surface area contributed by atoms with E-state index in [1.807, 2.05) is 109 Å². The molecular formula is C33H28N4O3S. The number of aryl methyl sites for hydroxylation is 1. The summed E-state index contributed by atoms with van der Waals surface area (Å²) >= 11 is 1.30. The molecule has 3 heterocycles. The van der Waals surface area contributed by atoms with Crippen LogP contribution in [0.2, 0.25) is 0 Å². The van der Waals surface area contributed by atoms with Crippen molar-refractivity contribution in [1.82, 2.24) is 14.3 Å². The molecule has 0 unspecified atom stereocenters. The van der Waals surface area contributed by atoms with Crippen LogP contribution in [-0.2, 0) is 9.53 Å². The number of esters is 1. The van der Waals surface area contributed by atoms with Crippen LogP contribution in [0.15, 0.2) is 112 Å². The Morgan fingerprint density at radius 2 is 1.66 bits per heavy atom. The lowest BCUT2D eigenvalue weighted by molar-refractivity contribution is -0.139. The number of para-hydroxylation sites is 1. The minimum Gasteiger partial charge on any atom is -0.463 e. The van der Waals surface area contributed by atoms with Crippen molar-refractivity contribution in [1.29, 1.82) is 0 Å². The first-order valence-electron chi connectivity index (χ1n) is 13.4. The maximum atomic E-state index is 14.1. The van der Waals surface area contributed by atoms with Crippen LogP contribution in [-0.4, -0.2) is 26.9 Å². The third-order valence-electron chi connectivity index (χ3n) is 7.01. The van der Waals surface area contributed by atoms with Crippen LogP contribution in [0.3, 0.4) is 0 Å². The van der Waals surface area contributed by atoms with Crippen LogP contribution in [0, 0.1) is 6.92 Å². The highest BCUT2D eigenvalue weighted by atomic mass is 32.1. The van der Waals surface area contributed by atoms with Gasteiger partial charge in [0.25, 0.3) is 5.56 Å². The van der Waals surface area contributed by atoms with E-state index in [1.165, 1.54) is 11.3 Å². The Labute approximate surface area is 241 Å². The third kappa shape index (κ3) is 4.98. The van der Waals surface area contributed by atoms with Crippen LogP contribution in [0.25, 0.3) is 23.0 Å². The molecule has 0 radical (unpaired) electrons. The zero-order valence-electron chi connectivity index (χ0n) is 22.9. The summed E-state index contributed by atoms with van der Waals surface area (Å²) in [6.07, 6.45) is 3.80. The number of allylic oxidation sites excluding steroid dienone is 1. The number of carbonyl (C=O) groups is 1. The van der Waals surface area contributed by atoms with E-state index in [4.69, 9.17) is 14.8 Å². The summed E-state index contributed by atoms with van der Waals surface area (Å²) in [4.78, 5) is 32.5. The number of hydrogen-bond acceptors (Lipinski definition) is 6. The molecular weight excluding hydrogens is 532 g/mol. The highest BCUT2D eigenvalue weighted by Gasteiger charge is 2.33. The summed E-state index contributed by atoms with van der Waals surface area (Å²) in [6, 6.07) is 27.0. The fourth-order valence-electron chi connectivity index (χ4n) is 5.02. The van der Waals surface area contributed by atoms with Gasteiger partial charge in [0, 0.05) is 17.3 Å². The van der Waals surface area contributed by atoms with Gasteiger partial charge in [-0.1, -0.05) is 89.7 Å². The quantitative estimate of drug-likeness (QED) is 0.275. The summed E-state index contributed by atoms with van der Waals surface area (Å²) in [7, 11) is 0. The lowest BCUT2D eigenvalue weighted by atomic mass is 9.95. The van der Waals surface area contributed by atoms with Crippen molar-refractivity contribution in [2.24, 2.45) is 4.99 Å². The normalized spacial score (nSPS) is 15.0. The maximum Gasteiger partial charge on any atom is 0.338 e. The van der Waals surface area contributed by atoms with Crippen molar-refractivity contribution >= 4 is 23.4 Å².